The molecule has 2 heterocycles. The first-order chi connectivity index (χ1) is 8.26. The lowest BCUT2D eigenvalue weighted by molar-refractivity contribution is 0.555. The van der Waals surface area contributed by atoms with Crippen molar-refractivity contribution in [1.82, 2.24) is 9.97 Å². The van der Waals surface area contributed by atoms with Gasteiger partial charge in [0, 0.05) is 10.9 Å². The predicted octanol–water partition coefficient (Wildman–Crippen LogP) is 2.12. The highest BCUT2D eigenvalue weighted by Crippen LogP contribution is 2.24. The highest BCUT2D eigenvalue weighted by molar-refractivity contribution is 7.10. The molecule has 0 atom stereocenters. The first-order valence-corrected chi connectivity index (χ1v) is 5.63. The topological polar surface area (TPSA) is 82.7 Å². The van der Waals surface area contributed by atoms with Crippen molar-refractivity contribution in [2.24, 2.45) is 0 Å². The maximum absolute atomic E-state index is 11.0. The lowest BCUT2D eigenvalue weighted by atomic mass is 10.1. The predicted molar refractivity (Wildman–Crippen MR) is 62.7 cm³/mol. The maximum Gasteiger partial charge on any atom is 0.417 e. The SMILES string of the molecule is N#Cc1nc(-c2ccc3[nH]c(=O)oc3c2)cs1. The zero-order valence-electron chi connectivity index (χ0n) is 8.43. The summed E-state index contributed by atoms with van der Waals surface area (Å²) in [5, 5.41) is 10.9. The van der Waals surface area contributed by atoms with Crippen LogP contribution in [0.15, 0.2) is 32.8 Å². The van der Waals surface area contributed by atoms with Gasteiger partial charge in [-0.3, -0.25) is 4.98 Å². The van der Waals surface area contributed by atoms with E-state index in [1.807, 2.05) is 12.1 Å². The molecule has 0 spiro atoms. The van der Waals surface area contributed by atoms with Crippen molar-refractivity contribution in [3.05, 3.63) is 39.1 Å². The van der Waals surface area contributed by atoms with Gasteiger partial charge in [0.2, 0.25) is 0 Å². The van der Waals surface area contributed by atoms with Gasteiger partial charge < -0.3 is 4.42 Å². The number of aromatic amines is 1. The molecule has 6 heteroatoms. The third kappa shape index (κ3) is 1.62. The molecule has 0 bridgehead atoms. The van der Waals surface area contributed by atoms with Crippen LogP contribution in [0.2, 0.25) is 0 Å². The molecule has 1 N–H and O–H groups in total. The molecule has 0 aliphatic rings. The van der Waals surface area contributed by atoms with Crippen molar-refractivity contribution in [2.75, 3.05) is 0 Å². The van der Waals surface area contributed by atoms with Crippen LogP contribution in [0.4, 0.5) is 0 Å². The second kappa shape index (κ2) is 3.57. The zero-order valence-corrected chi connectivity index (χ0v) is 9.25. The number of nitrogens with zero attached hydrogens (tertiary/aromatic N) is 2. The Bertz CT molecular complexity index is 791. The Morgan fingerprint density at radius 3 is 3.12 bits per heavy atom. The molecule has 0 fully saturated rings. The minimum Gasteiger partial charge on any atom is -0.408 e. The third-order valence-corrected chi connectivity index (χ3v) is 3.06. The van der Waals surface area contributed by atoms with Gasteiger partial charge in [-0.15, -0.1) is 11.3 Å². The highest BCUT2D eigenvalue weighted by Gasteiger charge is 2.07. The van der Waals surface area contributed by atoms with Gasteiger partial charge >= 0.3 is 5.76 Å². The smallest absolute Gasteiger partial charge is 0.408 e. The van der Waals surface area contributed by atoms with Gasteiger partial charge in [0.05, 0.1) is 11.2 Å². The van der Waals surface area contributed by atoms with Crippen LogP contribution in [-0.4, -0.2) is 9.97 Å². The largest absolute Gasteiger partial charge is 0.417 e. The van der Waals surface area contributed by atoms with E-state index in [-0.39, 0.29) is 0 Å². The molecule has 0 saturated heterocycles. The molecule has 0 radical (unpaired) electrons. The molecule has 1 aromatic carbocycles. The van der Waals surface area contributed by atoms with Crippen LogP contribution in [0.25, 0.3) is 22.4 Å². The Labute approximate surface area is 99.0 Å². The quantitative estimate of drug-likeness (QED) is 0.709. The summed E-state index contributed by atoms with van der Waals surface area (Å²) in [5.41, 5.74) is 2.66. The summed E-state index contributed by atoms with van der Waals surface area (Å²) in [6, 6.07) is 7.29. The fourth-order valence-electron chi connectivity index (χ4n) is 1.56. The van der Waals surface area contributed by atoms with Crippen LogP contribution < -0.4 is 5.76 Å². The van der Waals surface area contributed by atoms with Gasteiger partial charge in [-0.2, -0.15) is 5.26 Å². The van der Waals surface area contributed by atoms with Crippen LogP contribution in [0.5, 0.6) is 0 Å². The normalized spacial score (nSPS) is 10.5. The minimum atomic E-state index is -0.479. The third-order valence-electron chi connectivity index (χ3n) is 2.32. The van der Waals surface area contributed by atoms with E-state index >= 15 is 0 Å². The standard InChI is InChI=1S/C11H5N3O2S/c12-4-10-13-8(5-17-10)6-1-2-7-9(3-6)16-11(15)14-7/h1-3,5H,(H,14,15). The monoisotopic (exact) mass is 243 g/mol. The number of thiazole rings is 1. The van der Waals surface area contributed by atoms with E-state index in [4.69, 9.17) is 9.68 Å². The van der Waals surface area contributed by atoms with Gasteiger partial charge in [0.15, 0.2) is 10.6 Å². The summed E-state index contributed by atoms with van der Waals surface area (Å²) in [7, 11) is 0. The van der Waals surface area contributed by atoms with Crippen molar-refractivity contribution in [1.29, 1.82) is 5.26 Å². The van der Waals surface area contributed by atoms with Gasteiger partial charge in [0.1, 0.15) is 6.07 Å². The van der Waals surface area contributed by atoms with Gasteiger partial charge in [-0.25, -0.2) is 9.78 Å². The summed E-state index contributed by atoms with van der Waals surface area (Å²) in [6.07, 6.45) is 0. The number of hydrogen-bond acceptors (Lipinski definition) is 5. The summed E-state index contributed by atoms with van der Waals surface area (Å²) in [6.45, 7) is 0. The van der Waals surface area contributed by atoms with Crippen molar-refractivity contribution < 1.29 is 4.42 Å². The molecule has 0 aliphatic carbocycles. The molecule has 0 unspecified atom stereocenters. The van der Waals surface area contributed by atoms with Crippen molar-refractivity contribution in [2.45, 2.75) is 0 Å². The molecule has 17 heavy (non-hydrogen) atoms. The number of H-pyrrole nitrogens is 1. The number of hydrogen-bond donors (Lipinski definition) is 1. The lowest BCUT2D eigenvalue weighted by Crippen LogP contribution is -1.92. The Hall–Kier alpha value is -2.39. The fraction of sp³-hybridized carbons (Fsp3) is 0. The van der Waals surface area contributed by atoms with Crippen LogP contribution in [0.3, 0.4) is 0 Å². The second-order valence-corrected chi connectivity index (χ2v) is 4.23. The van der Waals surface area contributed by atoms with E-state index in [9.17, 15) is 4.79 Å². The van der Waals surface area contributed by atoms with E-state index in [1.54, 1.807) is 17.5 Å². The van der Waals surface area contributed by atoms with Crippen LogP contribution in [0.1, 0.15) is 5.01 Å². The Kier molecular flexibility index (Phi) is 2.06. The summed E-state index contributed by atoms with van der Waals surface area (Å²) >= 11 is 1.28. The molecule has 2 aromatic heterocycles. The second-order valence-electron chi connectivity index (χ2n) is 3.38. The number of rotatable bonds is 1. The van der Waals surface area contributed by atoms with E-state index in [0.29, 0.717) is 21.8 Å². The van der Waals surface area contributed by atoms with Crippen LogP contribution in [0, 0.1) is 11.3 Å². The van der Waals surface area contributed by atoms with E-state index < -0.39 is 5.76 Å². The average Bonchev–Trinajstić information content (AvgIpc) is 2.92. The van der Waals surface area contributed by atoms with Crippen molar-refractivity contribution in [3.63, 3.8) is 0 Å². The Balaban J connectivity index is 2.17. The minimum absolute atomic E-state index is 0.413. The molecule has 0 amide bonds. The number of nitrogens with one attached hydrogen (secondary N) is 1. The van der Waals surface area contributed by atoms with Crippen molar-refractivity contribution >= 4 is 22.4 Å². The number of oxazole rings is 1. The summed E-state index contributed by atoms with van der Waals surface area (Å²) < 4.78 is 4.96. The molecule has 3 rings (SSSR count). The number of benzene rings is 1. The Morgan fingerprint density at radius 1 is 1.47 bits per heavy atom. The first kappa shape index (κ1) is 9.81. The zero-order chi connectivity index (χ0) is 11.8. The van der Waals surface area contributed by atoms with Crippen LogP contribution in [-0.2, 0) is 0 Å². The molecular formula is C11H5N3O2S. The summed E-state index contributed by atoms with van der Waals surface area (Å²) in [5.74, 6) is -0.479. The number of nitriles is 1. The molecule has 0 saturated carbocycles. The summed E-state index contributed by atoms with van der Waals surface area (Å²) in [4.78, 5) is 17.7. The molecule has 82 valence electrons. The number of fused-ring (bicyclic) bond motifs is 1. The molecular weight excluding hydrogens is 238 g/mol. The van der Waals surface area contributed by atoms with Gasteiger partial charge in [-0.05, 0) is 12.1 Å². The first-order valence-electron chi connectivity index (χ1n) is 4.75. The molecule has 0 aliphatic heterocycles. The van der Waals surface area contributed by atoms with E-state index in [2.05, 4.69) is 9.97 Å². The lowest BCUT2D eigenvalue weighted by Gasteiger charge is -1.94. The van der Waals surface area contributed by atoms with E-state index in [1.165, 1.54) is 11.3 Å². The van der Waals surface area contributed by atoms with E-state index in [0.717, 1.165) is 5.56 Å². The van der Waals surface area contributed by atoms with Crippen molar-refractivity contribution in [3.8, 4) is 17.3 Å². The van der Waals surface area contributed by atoms with Crippen LogP contribution >= 0.6 is 11.3 Å². The highest BCUT2D eigenvalue weighted by atomic mass is 32.1. The number of aromatic nitrogens is 2. The average molecular weight is 243 g/mol. The van der Waals surface area contributed by atoms with Gasteiger partial charge in [-0.1, -0.05) is 6.07 Å². The molecule has 5 nitrogen and oxygen atoms in total. The van der Waals surface area contributed by atoms with Gasteiger partial charge in [0.25, 0.3) is 0 Å². The molecule has 3 aromatic rings. The maximum atomic E-state index is 11.0. The Morgan fingerprint density at radius 2 is 2.35 bits per heavy atom. The fourth-order valence-corrected chi connectivity index (χ4v) is 2.18.